The number of para-hydroxylation sites is 1. The molecular formula is C21H18F2N2OS. The number of carbonyl (C=O) groups is 1. The number of aromatic nitrogens is 1. The fourth-order valence-electron chi connectivity index (χ4n) is 2.71. The van der Waals surface area contributed by atoms with Gasteiger partial charge in [-0.25, -0.2) is 13.8 Å². The lowest BCUT2D eigenvalue weighted by atomic mass is 10.00. The zero-order valence-corrected chi connectivity index (χ0v) is 15.7. The van der Waals surface area contributed by atoms with Crippen molar-refractivity contribution in [2.45, 2.75) is 20.3 Å². The van der Waals surface area contributed by atoms with E-state index in [4.69, 9.17) is 0 Å². The van der Waals surface area contributed by atoms with Gasteiger partial charge in [0.05, 0.1) is 5.01 Å². The second kappa shape index (κ2) is 7.80. The van der Waals surface area contributed by atoms with Crippen molar-refractivity contribution in [3.05, 3.63) is 76.3 Å². The first-order valence-corrected chi connectivity index (χ1v) is 9.10. The maximum absolute atomic E-state index is 13.1. The first-order chi connectivity index (χ1) is 12.9. The van der Waals surface area contributed by atoms with E-state index < -0.39 is 18.0 Å². The third kappa shape index (κ3) is 4.11. The molecule has 3 aromatic rings. The molecule has 0 aliphatic heterocycles. The molecule has 3 rings (SSSR count). The number of aryl methyl sites for hydroxylation is 1. The Morgan fingerprint density at radius 2 is 1.81 bits per heavy atom. The highest BCUT2D eigenvalue weighted by atomic mass is 32.1. The number of hydrogen-bond acceptors (Lipinski definition) is 3. The lowest BCUT2D eigenvalue weighted by Gasteiger charge is -2.12. The van der Waals surface area contributed by atoms with Gasteiger partial charge in [-0.05, 0) is 31.0 Å². The maximum atomic E-state index is 13.1. The summed E-state index contributed by atoms with van der Waals surface area (Å²) in [5.74, 6) is -0.582. The average molecular weight is 384 g/mol. The van der Waals surface area contributed by atoms with Crippen LogP contribution in [0.25, 0.3) is 16.7 Å². The van der Waals surface area contributed by atoms with Crippen LogP contribution in [-0.2, 0) is 0 Å². The minimum atomic E-state index is -2.79. The monoisotopic (exact) mass is 384 g/mol. The maximum Gasteiger partial charge on any atom is 0.282 e. The number of rotatable bonds is 5. The van der Waals surface area contributed by atoms with E-state index in [-0.39, 0.29) is 4.88 Å². The molecule has 0 radical (unpaired) electrons. The van der Waals surface area contributed by atoms with Crippen molar-refractivity contribution in [3.8, 4) is 11.1 Å². The topological polar surface area (TPSA) is 42.0 Å². The number of benzene rings is 2. The summed E-state index contributed by atoms with van der Waals surface area (Å²) in [5.41, 5.74) is 3.78. The van der Waals surface area contributed by atoms with Crippen molar-refractivity contribution in [2.75, 3.05) is 5.32 Å². The summed E-state index contributed by atoms with van der Waals surface area (Å²) >= 11 is 0.964. The molecule has 0 unspecified atom stereocenters. The van der Waals surface area contributed by atoms with Gasteiger partial charge in [0, 0.05) is 11.3 Å². The lowest BCUT2D eigenvalue weighted by Crippen LogP contribution is -2.13. The highest BCUT2D eigenvalue weighted by Gasteiger charge is 2.24. The molecule has 138 valence electrons. The minimum Gasteiger partial charge on any atom is -0.321 e. The van der Waals surface area contributed by atoms with Gasteiger partial charge in [0.2, 0.25) is 0 Å². The molecule has 0 saturated heterocycles. The molecule has 27 heavy (non-hydrogen) atoms. The Labute approximate surface area is 160 Å². The van der Waals surface area contributed by atoms with Crippen molar-refractivity contribution < 1.29 is 13.6 Å². The van der Waals surface area contributed by atoms with Crippen LogP contribution in [0.1, 0.15) is 39.3 Å². The van der Waals surface area contributed by atoms with E-state index in [1.54, 1.807) is 19.1 Å². The van der Waals surface area contributed by atoms with Crippen molar-refractivity contribution >= 4 is 28.5 Å². The van der Waals surface area contributed by atoms with Crippen molar-refractivity contribution in [1.29, 1.82) is 0 Å². The summed E-state index contributed by atoms with van der Waals surface area (Å²) in [5, 5.41) is 3.18. The van der Waals surface area contributed by atoms with E-state index >= 15 is 0 Å². The first kappa shape index (κ1) is 18.9. The smallest absolute Gasteiger partial charge is 0.282 e. The third-order valence-corrected chi connectivity index (χ3v) is 5.02. The summed E-state index contributed by atoms with van der Waals surface area (Å²) in [4.78, 5) is 16.3. The van der Waals surface area contributed by atoms with Crippen LogP contribution >= 0.6 is 11.3 Å². The second-order valence-corrected chi connectivity index (χ2v) is 7.31. The Kier molecular flexibility index (Phi) is 5.46. The number of carbonyl (C=O) groups excluding carboxylic acids is 1. The molecule has 3 nitrogen and oxygen atoms in total. The summed E-state index contributed by atoms with van der Waals surface area (Å²) in [7, 11) is 0. The van der Waals surface area contributed by atoms with Gasteiger partial charge in [-0.1, -0.05) is 54.6 Å². The van der Waals surface area contributed by atoms with Crippen LogP contribution < -0.4 is 5.32 Å². The van der Waals surface area contributed by atoms with Gasteiger partial charge in [0.25, 0.3) is 12.3 Å². The van der Waals surface area contributed by atoms with Gasteiger partial charge in [-0.3, -0.25) is 4.79 Å². The van der Waals surface area contributed by atoms with Gasteiger partial charge in [-0.2, -0.15) is 0 Å². The predicted octanol–water partition coefficient (Wildman–Crippen LogP) is 6.34. The number of thiazole rings is 1. The molecule has 0 fully saturated rings. The standard InChI is InChI=1S/C21H18F2N2OS/c1-12(2)14-8-10-15(11-9-14)16-6-4-5-7-17(16)25-21(26)19-18(20(22)23)24-13(3)27-19/h4-11,20H,1H2,2-3H3,(H,25,26). The van der Waals surface area contributed by atoms with Crippen LogP contribution in [0.15, 0.2) is 55.1 Å². The lowest BCUT2D eigenvalue weighted by molar-refractivity contribution is 0.101. The molecule has 1 heterocycles. The number of nitrogens with one attached hydrogen (secondary N) is 1. The molecule has 0 saturated carbocycles. The van der Waals surface area contributed by atoms with E-state index in [9.17, 15) is 13.6 Å². The van der Waals surface area contributed by atoms with Crippen molar-refractivity contribution in [2.24, 2.45) is 0 Å². The van der Waals surface area contributed by atoms with Crippen LogP contribution in [0, 0.1) is 6.92 Å². The number of allylic oxidation sites excluding steroid dienone is 1. The highest BCUT2D eigenvalue weighted by Crippen LogP contribution is 2.31. The first-order valence-electron chi connectivity index (χ1n) is 8.29. The van der Waals surface area contributed by atoms with E-state index in [0.717, 1.165) is 33.6 Å². The zero-order chi connectivity index (χ0) is 19.6. The minimum absolute atomic E-state index is 0.0602. The van der Waals surface area contributed by atoms with Crippen LogP contribution in [0.2, 0.25) is 0 Å². The number of amides is 1. The SMILES string of the molecule is C=C(C)c1ccc(-c2ccccc2NC(=O)c2sc(C)nc2C(F)F)cc1. The summed E-state index contributed by atoms with van der Waals surface area (Å²) in [6.07, 6.45) is -2.79. The largest absolute Gasteiger partial charge is 0.321 e. The predicted molar refractivity (Wildman–Crippen MR) is 106 cm³/mol. The fraction of sp³-hybridized carbons (Fsp3) is 0.143. The van der Waals surface area contributed by atoms with Gasteiger partial charge >= 0.3 is 0 Å². The van der Waals surface area contributed by atoms with Crippen molar-refractivity contribution in [1.82, 2.24) is 4.98 Å². The van der Waals surface area contributed by atoms with Crippen LogP contribution in [0.5, 0.6) is 0 Å². The Bertz CT molecular complexity index is 994. The van der Waals surface area contributed by atoms with Crippen LogP contribution in [-0.4, -0.2) is 10.9 Å². The number of anilines is 1. The molecular weight excluding hydrogens is 366 g/mol. The third-order valence-electron chi connectivity index (χ3n) is 4.04. The Balaban J connectivity index is 1.93. The number of hydrogen-bond donors (Lipinski definition) is 1. The summed E-state index contributed by atoms with van der Waals surface area (Å²) in [6, 6.07) is 15.1. The molecule has 0 spiro atoms. The number of nitrogens with zero attached hydrogens (tertiary/aromatic N) is 1. The quantitative estimate of drug-likeness (QED) is 0.557. The molecule has 0 bridgehead atoms. The van der Waals surface area contributed by atoms with Crippen LogP contribution in [0.4, 0.5) is 14.5 Å². The molecule has 1 aromatic heterocycles. The molecule has 1 N–H and O–H groups in total. The molecule has 0 aliphatic rings. The van der Waals surface area contributed by atoms with E-state index in [1.165, 1.54) is 0 Å². The average Bonchev–Trinajstić information content (AvgIpc) is 3.04. The zero-order valence-electron chi connectivity index (χ0n) is 14.9. The van der Waals surface area contributed by atoms with E-state index in [2.05, 4.69) is 16.9 Å². The molecule has 0 aliphatic carbocycles. The van der Waals surface area contributed by atoms with Gasteiger partial charge in [0.1, 0.15) is 10.6 Å². The van der Waals surface area contributed by atoms with Crippen LogP contribution in [0.3, 0.4) is 0 Å². The van der Waals surface area contributed by atoms with Crippen molar-refractivity contribution in [3.63, 3.8) is 0 Å². The molecule has 6 heteroatoms. The van der Waals surface area contributed by atoms with E-state index in [0.29, 0.717) is 10.7 Å². The summed E-state index contributed by atoms with van der Waals surface area (Å²) < 4.78 is 26.3. The fourth-order valence-corrected chi connectivity index (χ4v) is 3.53. The molecule has 0 atom stereocenters. The second-order valence-electron chi connectivity index (χ2n) is 6.11. The highest BCUT2D eigenvalue weighted by molar-refractivity contribution is 7.13. The normalized spacial score (nSPS) is 10.9. The van der Waals surface area contributed by atoms with Gasteiger partial charge < -0.3 is 5.32 Å². The number of halogens is 2. The van der Waals surface area contributed by atoms with Gasteiger partial charge in [-0.15, -0.1) is 11.3 Å². The summed E-state index contributed by atoms with van der Waals surface area (Å²) in [6.45, 7) is 7.45. The van der Waals surface area contributed by atoms with Gasteiger partial charge in [0.15, 0.2) is 0 Å². The Hall–Kier alpha value is -2.86. The Morgan fingerprint density at radius 3 is 2.44 bits per heavy atom. The number of alkyl halides is 2. The van der Waals surface area contributed by atoms with E-state index in [1.807, 2.05) is 43.3 Å². The molecule has 1 amide bonds. The Morgan fingerprint density at radius 1 is 1.15 bits per heavy atom. The molecule has 2 aromatic carbocycles.